The van der Waals surface area contributed by atoms with E-state index < -0.39 is 0 Å². The van der Waals surface area contributed by atoms with Crippen LogP contribution in [0.1, 0.15) is 23.5 Å². The van der Waals surface area contributed by atoms with Crippen LogP contribution in [-0.4, -0.2) is 18.6 Å². The minimum atomic E-state index is 0.351. The molecule has 1 aliphatic rings. The molecule has 3 rings (SSSR count). The fraction of sp³-hybridized carbons (Fsp3) is 0.267. The molecule has 0 spiro atoms. The fourth-order valence-electron chi connectivity index (χ4n) is 2.74. The maximum absolute atomic E-state index is 5.74. The summed E-state index contributed by atoms with van der Waals surface area (Å²) in [4.78, 5) is 4.51. The first-order chi connectivity index (χ1) is 8.85. The summed E-state index contributed by atoms with van der Waals surface area (Å²) in [5.74, 6) is 1.24. The van der Waals surface area contributed by atoms with Gasteiger partial charge in [0.2, 0.25) is 0 Å². The van der Waals surface area contributed by atoms with Crippen molar-refractivity contribution in [1.82, 2.24) is 4.98 Å². The van der Waals surface area contributed by atoms with Gasteiger partial charge in [-0.3, -0.25) is 4.98 Å². The van der Waals surface area contributed by atoms with Crippen molar-refractivity contribution in [2.45, 2.75) is 12.3 Å². The molecule has 0 bridgehead atoms. The van der Waals surface area contributed by atoms with Gasteiger partial charge in [0.25, 0.3) is 0 Å². The molecule has 1 atom stereocenters. The second-order valence-corrected chi connectivity index (χ2v) is 4.52. The number of aromatic nitrogens is 1. The van der Waals surface area contributed by atoms with Crippen LogP contribution < -0.4 is 10.5 Å². The largest absolute Gasteiger partial charge is 0.497 e. The number of ether oxygens (including phenoxy) is 1. The summed E-state index contributed by atoms with van der Waals surface area (Å²) in [6.45, 7) is 0.676. The summed E-state index contributed by atoms with van der Waals surface area (Å²) in [7, 11) is 1.69. The van der Waals surface area contributed by atoms with E-state index in [4.69, 9.17) is 10.5 Å². The summed E-state index contributed by atoms with van der Waals surface area (Å²) in [5.41, 5.74) is 10.6. The van der Waals surface area contributed by atoms with E-state index in [1.807, 2.05) is 18.3 Å². The van der Waals surface area contributed by atoms with Gasteiger partial charge in [-0.1, -0.05) is 6.07 Å². The second kappa shape index (κ2) is 4.42. The Morgan fingerprint density at radius 2 is 2.17 bits per heavy atom. The zero-order valence-corrected chi connectivity index (χ0v) is 10.4. The minimum absolute atomic E-state index is 0.351. The number of nitrogens with two attached hydrogens (primary N) is 1. The van der Waals surface area contributed by atoms with Crippen molar-refractivity contribution in [3.63, 3.8) is 0 Å². The minimum Gasteiger partial charge on any atom is -0.497 e. The molecule has 0 amide bonds. The molecule has 0 saturated carbocycles. The molecule has 1 heterocycles. The summed E-state index contributed by atoms with van der Waals surface area (Å²) in [5, 5.41) is 0. The van der Waals surface area contributed by atoms with Gasteiger partial charge in [0.15, 0.2) is 0 Å². The van der Waals surface area contributed by atoms with E-state index in [0.717, 1.165) is 17.9 Å². The summed E-state index contributed by atoms with van der Waals surface area (Å²) in [6, 6.07) is 10.3. The molecule has 0 fully saturated rings. The molecule has 0 aliphatic heterocycles. The molecule has 92 valence electrons. The van der Waals surface area contributed by atoms with Crippen molar-refractivity contribution in [3.8, 4) is 17.0 Å². The van der Waals surface area contributed by atoms with Crippen molar-refractivity contribution < 1.29 is 4.74 Å². The van der Waals surface area contributed by atoms with Gasteiger partial charge >= 0.3 is 0 Å². The Kier molecular flexibility index (Phi) is 2.76. The first kappa shape index (κ1) is 11.2. The average molecular weight is 240 g/mol. The third-order valence-corrected chi connectivity index (χ3v) is 3.56. The Bertz CT molecular complexity index is 580. The maximum atomic E-state index is 5.74. The first-order valence-electron chi connectivity index (χ1n) is 6.18. The Labute approximate surface area is 107 Å². The van der Waals surface area contributed by atoms with E-state index in [9.17, 15) is 0 Å². The van der Waals surface area contributed by atoms with Crippen LogP contribution in [0, 0.1) is 0 Å². The first-order valence-corrected chi connectivity index (χ1v) is 6.18. The number of hydrogen-bond acceptors (Lipinski definition) is 3. The van der Waals surface area contributed by atoms with Crippen LogP contribution in [0.15, 0.2) is 36.5 Å². The number of pyridine rings is 1. The Balaban J connectivity index is 2.18. The van der Waals surface area contributed by atoms with Crippen LogP contribution in [0.2, 0.25) is 0 Å². The molecule has 1 aromatic carbocycles. The Hall–Kier alpha value is -1.87. The van der Waals surface area contributed by atoms with Crippen molar-refractivity contribution in [2.75, 3.05) is 13.7 Å². The maximum Gasteiger partial charge on any atom is 0.119 e. The predicted octanol–water partition coefficient (Wildman–Crippen LogP) is 2.55. The molecule has 3 nitrogen and oxygen atoms in total. The van der Waals surface area contributed by atoms with Crippen LogP contribution >= 0.6 is 0 Å². The molecule has 2 N–H and O–H groups in total. The summed E-state index contributed by atoms with van der Waals surface area (Å²) < 4.78 is 5.31. The molecule has 1 aromatic heterocycles. The van der Waals surface area contributed by atoms with Gasteiger partial charge in [0.1, 0.15) is 5.75 Å². The quantitative estimate of drug-likeness (QED) is 0.897. The Morgan fingerprint density at radius 3 is 2.94 bits per heavy atom. The molecule has 0 saturated heterocycles. The molecular weight excluding hydrogens is 224 g/mol. The molecular formula is C15H16N2O. The third kappa shape index (κ3) is 1.59. The van der Waals surface area contributed by atoms with Crippen molar-refractivity contribution in [3.05, 3.63) is 47.7 Å². The third-order valence-electron chi connectivity index (χ3n) is 3.56. The topological polar surface area (TPSA) is 48.1 Å². The van der Waals surface area contributed by atoms with Crippen molar-refractivity contribution in [2.24, 2.45) is 5.73 Å². The average Bonchev–Trinajstić information content (AvgIpc) is 2.73. The van der Waals surface area contributed by atoms with Crippen molar-refractivity contribution in [1.29, 1.82) is 0 Å². The van der Waals surface area contributed by atoms with Crippen LogP contribution in [-0.2, 0) is 0 Å². The van der Waals surface area contributed by atoms with Gasteiger partial charge in [0, 0.05) is 17.7 Å². The second-order valence-electron chi connectivity index (χ2n) is 4.52. The number of benzene rings is 1. The monoisotopic (exact) mass is 240 g/mol. The van der Waals surface area contributed by atoms with E-state index in [1.54, 1.807) is 7.11 Å². The number of methoxy groups -OCH3 is 1. The molecule has 3 heteroatoms. The lowest BCUT2D eigenvalue weighted by Gasteiger charge is -2.12. The van der Waals surface area contributed by atoms with Crippen LogP contribution in [0.25, 0.3) is 11.3 Å². The molecule has 0 radical (unpaired) electrons. The number of nitrogens with zero attached hydrogens (tertiary/aromatic N) is 1. The fourth-order valence-corrected chi connectivity index (χ4v) is 2.74. The lowest BCUT2D eigenvalue weighted by atomic mass is 9.94. The van der Waals surface area contributed by atoms with Gasteiger partial charge in [-0.25, -0.2) is 0 Å². The zero-order valence-electron chi connectivity index (χ0n) is 10.4. The highest BCUT2D eigenvalue weighted by atomic mass is 16.5. The summed E-state index contributed by atoms with van der Waals surface area (Å²) >= 11 is 0. The smallest absolute Gasteiger partial charge is 0.119 e. The number of fused-ring (bicyclic) bond motifs is 3. The Morgan fingerprint density at radius 1 is 1.28 bits per heavy atom. The summed E-state index contributed by atoms with van der Waals surface area (Å²) in [6.07, 6.45) is 2.79. The van der Waals surface area contributed by atoms with E-state index in [2.05, 4.69) is 23.2 Å². The van der Waals surface area contributed by atoms with Crippen molar-refractivity contribution >= 4 is 0 Å². The highest BCUT2D eigenvalue weighted by Crippen LogP contribution is 2.45. The highest BCUT2D eigenvalue weighted by Gasteiger charge is 2.29. The molecule has 1 unspecified atom stereocenters. The predicted molar refractivity (Wildman–Crippen MR) is 71.7 cm³/mol. The molecule has 2 aromatic rings. The van der Waals surface area contributed by atoms with E-state index in [-0.39, 0.29) is 0 Å². The van der Waals surface area contributed by atoms with E-state index in [0.29, 0.717) is 12.5 Å². The van der Waals surface area contributed by atoms with Gasteiger partial charge in [-0.05, 0) is 48.4 Å². The molecule has 18 heavy (non-hydrogen) atoms. The van der Waals surface area contributed by atoms with Crippen LogP contribution in [0.3, 0.4) is 0 Å². The van der Waals surface area contributed by atoms with Gasteiger partial charge in [-0.2, -0.15) is 0 Å². The van der Waals surface area contributed by atoms with Gasteiger partial charge < -0.3 is 10.5 Å². The number of hydrogen-bond donors (Lipinski definition) is 1. The van der Waals surface area contributed by atoms with Gasteiger partial charge in [-0.15, -0.1) is 0 Å². The lowest BCUT2D eigenvalue weighted by molar-refractivity contribution is 0.414. The normalized spacial score (nSPS) is 16.2. The standard InChI is InChI=1S/C15H16N2O/c1-18-10-4-5-13-14(9-10)11(6-7-16)12-3-2-8-17-15(12)13/h2-5,8-9,11H,6-7,16H2,1H3. The lowest BCUT2D eigenvalue weighted by Crippen LogP contribution is -2.06. The zero-order chi connectivity index (χ0) is 12.5. The molecule has 1 aliphatic carbocycles. The van der Waals surface area contributed by atoms with Crippen LogP contribution in [0.4, 0.5) is 0 Å². The van der Waals surface area contributed by atoms with E-state index in [1.165, 1.54) is 16.7 Å². The SMILES string of the molecule is COc1ccc2c(c1)C(CCN)c1cccnc1-2. The highest BCUT2D eigenvalue weighted by molar-refractivity contribution is 5.76. The number of rotatable bonds is 3. The van der Waals surface area contributed by atoms with Crippen LogP contribution in [0.5, 0.6) is 5.75 Å². The van der Waals surface area contributed by atoms with E-state index >= 15 is 0 Å². The van der Waals surface area contributed by atoms with Gasteiger partial charge in [0.05, 0.1) is 12.8 Å².